The number of nitrogens with one attached hydrogen (secondary N) is 4. The van der Waals surface area contributed by atoms with Gasteiger partial charge in [0.2, 0.25) is 17.0 Å². The minimum Gasteiger partial charge on any atom is -0.481 e. The number of urea groups is 2. The lowest BCUT2D eigenvalue weighted by atomic mass is 9.77. The first-order valence-corrected chi connectivity index (χ1v) is 13.5. The Morgan fingerprint density at radius 3 is 2.65 bits per heavy atom. The van der Waals surface area contributed by atoms with Crippen molar-refractivity contribution in [2.45, 2.75) is 41.0 Å². The summed E-state index contributed by atoms with van der Waals surface area (Å²) in [7, 11) is 1.31. The van der Waals surface area contributed by atoms with E-state index in [1.165, 1.54) is 35.1 Å². The molecule has 2 aromatic rings. The predicted molar refractivity (Wildman–Crippen MR) is 134 cm³/mol. The van der Waals surface area contributed by atoms with Crippen LogP contribution in [0.1, 0.15) is 20.3 Å². The minimum atomic E-state index is -2.02. The summed E-state index contributed by atoms with van der Waals surface area (Å²) in [6.07, 6.45) is 0.0879. The van der Waals surface area contributed by atoms with E-state index in [0.717, 1.165) is 23.5 Å². The number of amides is 6. The number of carbonyl (C=O) groups is 5. The molecule has 2 aliphatic rings. The van der Waals surface area contributed by atoms with Crippen LogP contribution in [0.2, 0.25) is 0 Å². The first kappa shape index (κ1) is 26.7. The van der Waals surface area contributed by atoms with Gasteiger partial charge in [-0.1, -0.05) is 30.4 Å². The SMILES string of the molecule is CNC(=O)NC(=O)NC1(N(C(C)=O)c2cccs2)S[C@@H]2CC(=O)N2CC1(C(=O)O)C(C)Sc1nnn[nH]1. The number of thiophene rings is 1. The second-order valence-electron chi connectivity index (χ2n) is 8.15. The molecule has 5 N–H and O–H groups in total. The summed E-state index contributed by atoms with van der Waals surface area (Å²) in [6, 6.07) is 1.44. The number of β-lactam (4-membered cyclic amide) rings is 1. The normalized spacial score (nSPS) is 25.3. The second kappa shape index (κ2) is 10.2. The number of nitrogens with zero attached hydrogens (tertiary/aromatic N) is 5. The van der Waals surface area contributed by atoms with Crippen LogP contribution in [0.3, 0.4) is 0 Å². The number of aromatic amines is 1. The van der Waals surface area contributed by atoms with Crippen molar-refractivity contribution in [2.24, 2.45) is 5.41 Å². The molecule has 198 valence electrons. The number of carboxylic acid groups (broad SMARTS) is 1. The Bertz CT molecular complexity index is 1210. The van der Waals surface area contributed by atoms with Crippen molar-refractivity contribution < 1.29 is 29.1 Å². The molecule has 6 amide bonds. The average Bonchev–Trinajstić information content (AvgIpc) is 3.53. The van der Waals surface area contributed by atoms with Crippen LogP contribution in [0.25, 0.3) is 0 Å². The molecule has 18 heteroatoms. The Hall–Kier alpha value is -3.38. The fourth-order valence-electron chi connectivity index (χ4n) is 4.39. The summed E-state index contributed by atoms with van der Waals surface area (Å²) in [6.45, 7) is 2.51. The second-order valence-corrected chi connectivity index (χ2v) is 11.8. The van der Waals surface area contributed by atoms with Crippen LogP contribution >= 0.6 is 34.9 Å². The van der Waals surface area contributed by atoms with Crippen molar-refractivity contribution in [2.75, 3.05) is 18.5 Å². The number of thioether (sulfide) groups is 2. The van der Waals surface area contributed by atoms with E-state index in [1.54, 1.807) is 24.4 Å². The van der Waals surface area contributed by atoms with Crippen molar-refractivity contribution in [3.63, 3.8) is 0 Å². The summed E-state index contributed by atoms with van der Waals surface area (Å²) >= 11 is 3.11. The number of rotatable bonds is 7. The van der Waals surface area contributed by atoms with Gasteiger partial charge in [0.1, 0.15) is 10.4 Å². The highest BCUT2D eigenvalue weighted by atomic mass is 32.2. The third kappa shape index (κ3) is 4.48. The average molecular weight is 570 g/mol. The number of hydrogen-bond acceptors (Lipinski definition) is 11. The molecule has 4 atom stereocenters. The molecule has 3 unspecified atom stereocenters. The Balaban J connectivity index is 1.95. The highest BCUT2D eigenvalue weighted by Crippen LogP contribution is 2.59. The summed E-state index contributed by atoms with van der Waals surface area (Å²) in [5, 5.41) is 32.2. The number of hydrogen-bond donors (Lipinski definition) is 5. The van der Waals surface area contributed by atoms with Crippen LogP contribution in [0.5, 0.6) is 0 Å². The lowest BCUT2D eigenvalue weighted by Crippen LogP contribution is -2.81. The van der Waals surface area contributed by atoms with Crippen molar-refractivity contribution in [3.8, 4) is 0 Å². The largest absolute Gasteiger partial charge is 0.481 e. The van der Waals surface area contributed by atoms with Gasteiger partial charge in [-0.15, -0.1) is 16.4 Å². The third-order valence-electron chi connectivity index (χ3n) is 6.13. The lowest BCUT2D eigenvalue weighted by molar-refractivity contribution is -0.160. The van der Waals surface area contributed by atoms with Gasteiger partial charge in [0, 0.05) is 25.8 Å². The number of aliphatic carboxylic acids is 1. The van der Waals surface area contributed by atoms with Crippen molar-refractivity contribution in [1.82, 2.24) is 41.5 Å². The Labute approximate surface area is 222 Å². The highest BCUT2D eigenvalue weighted by Gasteiger charge is 2.72. The highest BCUT2D eigenvalue weighted by molar-refractivity contribution is 8.02. The van der Waals surface area contributed by atoms with Gasteiger partial charge in [-0.05, 0) is 27.9 Å². The van der Waals surface area contributed by atoms with Gasteiger partial charge in [-0.3, -0.25) is 24.6 Å². The molecule has 4 rings (SSSR count). The number of aromatic nitrogens is 4. The fraction of sp³-hybridized carbons (Fsp3) is 0.474. The monoisotopic (exact) mass is 569 g/mol. The maximum absolute atomic E-state index is 13.4. The van der Waals surface area contributed by atoms with E-state index in [1.807, 2.05) is 0 Å². The molecule has 0 bridgehead atoms. The van der Waals surface area contributed by atoms with Gasteiger partial charge in [0.15, 0.2) is 4.99 Å². The van der Waals surface area contributed by atoms with Crippen LogP contribution in [0.4, 0.5) is 14.6 Å². The van der Waals surface area contributed by atoms with E-state index in [4.69, 9.17) is 0 Å². The van der Waals surface area contributed by atoms with E-state index in [2.05, 4.69) is 36.6 Å². The van der Waals surface area contributed by atoms with Gasteiger partial charge in [-0.2, -0.15) is 0 Å². The summed E-state index contributed by atoms with van der Waals surface area (Å²) in [5.74, 6) is -2.19. The number of imide groups is 1. The van der Waals surface area contributed by atoms with Gasteiger partial charge in [-0.25, -0.2) is 14.7 Å². The van der Waals surface area contributed by atoms with Crippen LogP contribution < -0.4 is 20.9 Å². The quantitative estimate of drug-likeness (QED) is 0.176. The topological polar surface area (TPSA) is 203 Å². The zero-order valence-corrected chi connectivity index (χ0v) is 22.2. The molecule has 37 heavy (non-hydrogen) atoms. The van der Waals surface area contributed by atoms with Gasteiger partial charge < -0.3 is 20.6 Å². The minimum absolute atomic E-state index is 0.0879. The molecule has 15 nitrogen and oxygen atoms in total. The smallest absolute Gasteiger partial charge is 0.325 e. The standard InChI is InChI=1S/C19H23N9O6S3/c1-9(36-17-23-25-26-24-17)18(14(31)32)8-27-11(30)7-13(27)37-19(18,22-16(34)21-15(33)20-3)28(10(2)29)12-5-4-6-35-12/h4-6,9,13H,7-8H2,1-3H3,(H,31,32)(H,23,24,25,26)(H3,20,21,22,33,34)/t9?,13-,18?,19?/m1/s1. The molecule has 0 spiro atoms. The molecule has 0 saturated carbocycles. The molecule has 0 aromatic carbocycles. The number of carbonyl (C=O) groups excluding carboxylic acids is 4. The number of tetrazole rings is 1. The molecule has 4 heterocycles. The molecule has 2 aliphatic heterocycles. The van der Waals surface area contributed by atoms with E-state index >= 15 is 0 Å². The molecule has 0 aliphatic carbocycles. The Morgan fingerprint density at radius 1 is 1.35 bits per heavy atom. The summed E-state index contributed by atoms with van der Waals surface area (Å²) in [5.41, 5.74) is -2.02. The number of H-pyrrole nitrogens is 1. The Morgan fingerprint density at radius 2 is 2.11 bits per heavy atom. The first-order chi connectivity index (χ1) is 17.6. The molecule has 0 radical (unpaired) electrons. The fourth-order valence-corrected chi connectivity index (χ4v) is 8.36. The molecule has 2 fully saturated rings. The molecule has 2 aromatic heterocycles. The zero-order valence-electron chi connectivity index (χ0n) is 19.8. The van der Waals surface area contributed by atoms with E-state index in [9.17, 15) is 29.1 Å². The lowest BCUT2D eigenvalue weighted by Gasteiger charge is -2.62. The van der Waals surface area contributed by atoms with Crippen LogP contribution in [-0.2, 0) is 14.4 Å². The van der Waals surface area contributed by atoms with Crippen molar-refractivity contribution in [1.29, 1.82) is 0 Å². The van der Waals surface area contributed by atoms with Crippen molar-refractivity contribution in [3.05, 3.63) is 17.5 Å². The zero-order chi connectivity index (χ0) is 27.0. The third-order valence-corrected chi connectivity index (χ3v) is 9.82. The van der Waals surface area contributed by atoms with E-state index in [0.29, 0.717) is 5.00 Å². The summed E-state index contributed by atoms with van der Waals surface area (Å²) < 4.78 is 0. The van der Waals surface area contributed by atoms with Crippen LogP contribution in [0, 0.1) is 5.41 Å². The number of fused-ring (bicyclic) bond motifs is 1. The van der Waals surface area contributed by atoms with Crippen molar-refractivity contribution >= 4 is 69.7 Å². The maximum Gasteiger partial charge on any atom is 0.325 e. The molecular formula is C19H23N9O6S3. The van der Waals surface area contributed by atoms with Crippen LogP contribution in [-0.4, -0.2) is 89.7 Å². The van der Waals surface area contributed by atoms with Gasteiger partial charge >= 0.3 is 18.0 Å². The maximum atomic E-state index is 13.4. The van der Waals surface area contributed by atoms with E-state index < -0.39 is 45.0 Å². The molecule has 2 saturated heterocycles. The number of carboxylic acids is 1. The van der Waals surface area contributed by atoms with Gasteiger partial charge in [0.05, 0.1) is 11.8 Å². The van der Waals surface area contributed by atoms with Gasteiger partial charge in [0.25, 0.3) is 0 Å². The van der Waals surface area contributed by atoms with E-state index in [-0.39, 0.29) is 24.0 Å². The molecular weight excluding hydrogens is 546 g/mol. The Kier molecular flexibility index (Phi) is 7.33. The first-order valence-electron chi connectivity index (χ1n) is 10.8. The van der Waals surface area contributed by atoms with Crippen LogP contribution in [0.15, 0.2) is 22.7 Å². The summed E-state index contributed by atoms with van der Waals surface area (Å²) in [4.78, 5) is 64.9. The number of anilines is 1. The predicted octanol–water partition coefficient (Wildman–Crippen LogP) is 0.464.